The zero-order valence-corrected chi connectivity index (χ0v) is 10.4. The molecule has 3 heteroatoms. The summed E-state index contributed by atoms with van der Waals surface area (Å²) in [6.07, 6.45) is 3.42. The molecule has 3 nitrogen and oxygen atoms in total. The lowest BCUT2D eigenvalue weighted by Gasteiger charge is -2.25. The molecule has 15 heavy (non-hydrogen) atoms. The first-order valence-corrected chi connectivity index (χ1v) is 5.69. The van der Waals surface area contributed by atoms with Crippen LogP contribution in [0.4, 0.5) is 0 Å². The Morgan fingerprint density at radius 1 is 1.40 bits per heavy atom. The molecule has 90 valence electrons. The summed E-state index contributed by atoms with van der Waals surface area (Å²) in [4.78, 5) is 10.3. The number of hydrogen-bond acceptors (Lipinski definition) is 2. The third-order valence-electron chi connectivity index (χ3n) is 2.37. The SMILES string of the molecule is CC(C)CCCC(C)(C)OCCC(=O)O. The van der Waals surface area contributed by atoms with Crippen LogP contribution >= 0.6 is 0 Å². The van der Waals surface area contributed by atoms with Crippen LogP contribution in [-0.2, 0) is 9.53 Å². The lowest BCUT2D eigenvalue weighted by Crippen LogP contribution is -2.25. The number of rotatable bonds is 8. The standard InChI is InChI=1S/C12H24O3/c1-10(2)6-5-8-12(3,4)15-9-7-11(13)14/h10H,5-9H2,1-4H3,(H,13,14). The first kappa shape index (κ1) is 14.4. The highest BCUT2D eigenvalue weighted by molar-refractivity contribution is 5.66. The molecule has 0 fully saturated rings. The third-order valence-corrected chi connectivity index (χ3v) is 2.37. The first-order valence-electron chi connectivity index (χ1n) is 5.69. The molecule has 0 bridgehead atoms. The molecule has 0 aliphatic heterocycles. The van der Waals surface area contributed by atoms with Gasteiger partial charge in [0.2, 0.25) is 0 Å². The van der Waals surface area contributed by atoms with Gasteiger partial charge >= 0.3 is 5.97 Å². The van der Waals surface area contributed by atoms with Gasteiger partial charge in [-0.1, -0.05) is 26.7 Å². The zero-order valence-electron chi connectivity index (χ0n) is 10.4. The Morgan fingerprint density at radius 3 is 2.47 bits per heavy atom. The van der Waals surface area contributed by atoms with E-state index < -0.39 is 5.97 Å². The van der Waals surface area contributed by atoms with Gasteiger partial charge in [-0.2, -0.15) is 0 Å². The maximum atomic E-state index is 10.3. The van der Waals surface area contributed by atoms with Crippen LogP contribution in [-0.4, -0.2) is 23.3 Å². The molecule has 0 aliphatic carbocycles. The van der Waals surface area contributed by atoms with E-state index in [9.17, 15) is 4.79 Å². The second kappa shape index (κ2) is 6.83. The molecule has 0 spiro atoms. The quantitative estimate of drug-likeness (QED) is 0.678. The lowest BCUT2D eigenvalue weighted by atomic mass is 9.97. The predicted octanol–water partition coefficient (Wildman–Crippen LogP) is 3.08. The molecular weight excluding hydrogens is 192 g/mol. The molecule has 0 heterocycles. The smallest absolute Gasteiger partial charge is 0.305 e. The van der Waals surface area contributed by atoms with Crippen molar-refractivity contribution in [1.29, 1.82) is 0 Å². The molecule has 0 aliphatic rings. The topological polar surface area (TPSA) is 46.5 Å². The van der Waals surface area contributed by atoms with Crippen molar-refractivity contribution in [1.82, 2.24) is 0 Å². The molecule has 0 aromatic carbocycles. The molecule has 0 saturated carbocycles. The van der Waals surface area contributed by atoms with Crippen LogP contribution in [0.3, 0.4) is 0 Å². The number of carbonyl (C=O) groups is 1. The summed E-state index contributed by atoms with van der Waals surface area (Å²) in [7, 11) is 0. The number of carboxylic acids is 1. The van der Waals surface area contributed by atoms with Gasteiger partial charge < -0.3 is 9.84 Å². The highest BCUT2D eigenvalue weighted by atomic mass is 16.5. The van der Waals surface area contributed by atoms with Gasteiger partial charge in [0.25, 0.3) is 0 Å². The Balaban J connectivity index is 3.62. The van der Waals surface area contributed by atoms with Crippen molar-refractivity contribution in [3.8, 4) is 0 Å². The van der Waals surface area contributed by atoms with Crippen molar-refractivity contribution < 1.29 is 14.6 Å². The minimum atomic E-state index is -0.798. The van der Waals surface area contributed by atoms with Crippen LogP contribution in [0.25, 0.3) is 0 Å². The van der Waals surface area contributed by atoms with E-state index in [1.165, 1.54) is 6.42 Å². The Kier molecular flexibility index (Phi) is 6.57. The molecule has 0 atom stereocenters. The van der Waals surface area contributed by atoms with Crippen LogP contribution in [0, 0.1) is 5.92 Å². The fraction of sp³-hybridized carbons (Fsp3) is 0.917. The molecule has 0 amide bonds. The van der Waals surface area contributed by atoms with Crippen LogP contribution < -0.4 is 0 Å². The number of aliphatic carboxylic acids is 1. The molecule has 1 N–H and O–H groups in total. The van der Waals surface area contributed by atoms with E-state index in [4.69, 9.17) is 9.84 Å². The number of hydrogen-bond donors (Lipinski definition) is 1. The number of ether oxygens (including phenoxy) is 1. The van der Waals surface area contributed by atoms with E-state index in [2.05, 4.69) is 13.8 Å². The molecule has 0 unspecified atom stereocenters. The molecule has 0 saturated heterocycles. The van der Waals surface area contributed by atoms with Gasteiger partial charge in [0.1, 0.15) is 0 Å². The van der Waals surface area contributed by atoms with Crippen molar-refractivity contribution in [2.45, 2.75) is 59.0 Å². The molecule has 0 aromatic rings. The maximum absolute atomic E-state index is 10.3. The van der Waals surface area contributed by atoms with E-state index in [1.807, 2.05) is 13.8 Å². The van der Waals surface area contributed by atoms with Crippen molar-refractivity contribution in [3.05, 3.63) is 0 Å². The van der Waals surface area contributed by atoms with E-state index in [-0.39, 0.29) is 12.0 Å². The van der Waals surface area contributed by atoms with Gasteiger partial charge in [-0.15, -0.1) is 0 Å². The molecule has 0 rings (SSSR count). The fourth-order valence-electron chi connectivity index (χ4n) is 1.42. The van der Waals surface area contributed by atoms with E-state index in [0.717, 1.165) is 18.8 Å². The van der Waals surface area contributed by atoms with Crippen molar-refractivity contribution >= 4 is 5.97 Å². The summed E-state index contributed by atoms with van der Waals surface area (Å²) in [6.45, 7) is 8.77. The summed E-state index contributed by atoms with van der Waals surface area (Å²) >= 11 is 0. The van der Waals surface area contributed by atoms with Gasteiger partial charge in [0.05, 0.1) is 18.6 Å². The van der Waals surface area contributed by atoms with Gasteiger partial charge in [-0.3, -0.25) is 4.79 Å². The summed E-state index contributed by atoms with van der Waals surface area (Å²) in [6, 6.07) is 0. The second-order valence-corrected chi connectivity index (χ2v) is 5.04. The van der Waals surface area contributed by atoms with E-state index >= 15 is 0 Å². The van der Waals surface area contributed by atoms with Crippen molar-refractivity contribution in [3.63, 3.8) is 0 Å². The summed E-state index contributed by atoms with van der Waals surface area (Å²) in [5.74, 6) is -0.0761. The maximum Gasteiger partial charge on any atom is 0.305 e. The zero-order chi connectivity index (χ0) is 11.9. The van der Waals surface area contributed by atoms with Gasteiger partial charge in [-0.25, -0.2) is 0 Å². The summed E-state index contributed by atoms with van der Waals surface area (Å²) < 4.78 is 5.54. The van der Waals surface area contributed by atoms with Crippen LogP contribution in [0.1, 0.15) is 53.4 Å². The third kappa shape index (κ3) is 9.73. The average Bonchev–Trinajstić information content (AvgIpc) is 2.01. The van der Waals surface area contributed by atoms with Crippen LogP contribution in [0.5, 0.6) is 0 Å². The van der Waals surface area contributed by atoms with Crippen molar-refractivity contribution in [2.24, 2.45) is 5.92 Å². The summed E-state index contributed by atoms with van der Waals surface area (Å²) in [5.41, 5.74) is -0.190. The van der Waals surface area contributed by atoms with Crippen LogP contribution in [0.15, 0.2) is 0 Å². The van der Waals surface area contributed by atoms with Crippen molar-refractivity contribution in [2.75, 3.05) is 6.61 Å². The van der Waals surface area contributed by atoms with Gasteiger partial charge in [-0.05, 0) is 26.2 Å². The molecule has 0 radical (unpaired) electrons. The normalized spacial score (nSPS) is 12.1. The highest BCUT2D eigenvalue weighted by Gasteiger charge is 2.18. The minimum Gasteiger partial charge on any atom is -0.481 e. The highest BCUT2D eigenvalue weighted by Crippen LogP contribution is 2.19. The average molecular weight is 216 g/mol. The summed E-state index contributed by atoms with van der Waals surface area (Å²) in [5, 5.41) is 8.48. The van der Waals surface area contributed by atoms with Crippen LogP contribution in [0.2, 0.25) is 0 Å². The Labute approximate surface area is 92.8 Å². The lowest BCUT2D eigenvalue weighted by molar-refractivity contribution is -0.139. The van der Waals surface area contributed by atoms with E-state index in [1.54, 1.807) is 0 Å². The van der Waals surface area contributed by atoms with E-state index in [0.29, 0.717) is 6.61 Å². The monoisotopic (exact) mass is 216 g/mol. The Bertz CT molecular complexity index is 185. The minimum absolute atomic E-state index is 0.0909. The van der Waals surface area contributed by atoms with Gasteiger partial charge in [0.15, 0.2) is 0 Å². The first-order chi connectivity index (χ1) is 6.83. The Hall–Kier alpha value is -0.570. The molecular formula is C12H24O3. The fourth-order valence-corrected chi connectivity index (χ4v) is 1.42. The molecule has 0 aromatic heterocycles. The predicted molar refractivity (Wildman–Crippen MR) is 61.0 cm³/mol. The number of carboxylic acid groups (broad SMARTS) is 1. The second-order valence-electron chi connectivity index (χ2n) is 5.04. The van der Waals surface area contributed by atoms with Gasteiger partial charge in [0, 0.05) is 0 Å². The largest absolute Gasteiger partial charge is 0.481 e. The Morgan fingerprint density at radius 2 is 2.00 bits per heavy atom.